The zero-order valence-electron chi connectivity index (χ0n) is 19.4. The molecule has 1 unspecified atom stereocenters. The van der Waals surface area contributed by atoms with Crippen molar-refractivity contribution in [2.24, 2.45) is 4.99 Å². The number of nitrogens with one attached hydrogen (secondary N) is 2. The first kappa shape index (κ1) is 23.9. The lowest BCUT2D eigenvalue weighted by Gasteiger charge is -2.26. The van der Waals surface area contributed by atoms with Crippen LogP contribution in [0.25, 0.3) is 0 Å². The Bertz CT molecular complexity index is 819. The molecule has 2 N–H and O–H groups in total. The zero-order chi connectivity index (χ0) is 22.6. The van der Waals surface area contributed by atoms with E-state index < -0.39 is 0 Å². The molecule has 1 fully saturated rings. The molecule has 8 nitrogen and oxygen atoms in total. The minimum absolute atomic E-state index is 0.0193. The van der Waals surface area contributed by atoms with Gasteiger partial charge in [0, 0.05) is 44.7 Å². The molecule has 0 spiro atoms. The van der Waals surface area contributed by atoms with E-state index in [0.29, 0.717) is 0 Å². The lowest BCUT2D eigenvalue weighted by Crippen LogP contribution is -2.40. The average Bonchev–Trinajstić information content (AvgIpc) is 3.35. The van der Waals surface area contributed by atoms with E-state index in [-0.39, 0.29) is 6.04 Å². The first-order chi connectivity index (χ1) is 15.7. The smallest absolute Gasteiger partial charge is 0.191 e. The van der Waals surface area contributed by atoms with Crippen LogP contribution in [0.5, 0.6) is 11.5 Å². The van der Waals surface area contributed by atoms with Crippen molar-refractivity contribution in [2.75, 3.05) is 60.2 Å². The Hall–Kier alpha value is -2.71. The van der Waals surface area contributed by atoms with Gasteiger partial charge in [-0.15, -0.1) is 0 Å². The SMILES string of the molecule is COc1ccc(OC)c(C(C)NC(=NCCCN2CCOCC2)NCCc2ccco2)c1. The molecule has 8 heteroatoms. The zero-order valence-corrected chi connectivity index (χ0v) is 19.4. The Morgan fingerprint density at radius 2 is 2.03 bits per heavy atom. The standard InChI is InChI=1S/C24H36N4O4/c1-19(22-18-21(29-2)7-8-23(22)30-3)27-24(26-11-9-20-6-4-15-32-20)25-10-5-12-28-13-16-31-17-14-28/h4,6-8,15,18-19H,5,9-14,16-17H2,1-3H3,(H2,25,26,27). The van der Waals surface area contributed by atoms with Crippen molar-refractivity contribution in [3.63, 3.8) is 0 Å². The molecule has 1 aromatic heterocycles. The molecule has 1 saturated heterocycles. The van der Waals surface area contributed by atoms with Crippen LogP contribution >= 0.6 is 0 Å². The number of rotatable bonds is 11. The molecule has 32 heavy (non-hydrogen) atoms. The molecule has 3 rings (SSSR count). The molecule has 2 aromatic rings. The van der Waals surface area contributed by atoms with Crippen LogP contribution in [0, 0.1) is 0 Å². The molecule has 0 saturated carbocycles. The second-order valence-corrected chi connectivity index (χ2v) is 7.77. The van der Waals surface area contributed by atoms with Gasteiger partial charge < -0.3 is 29.3 Å². The van der Waals surface area contributed by atoms with Crippen molar-refractivity contribution in [2.45, 2.75) is 25.8 Å². The van der Waals surface area contributed by atoms with E-state index in [9.17, 15) is 0 Å². The maximum Gasteiger partial charge on any atom is 0.191 e. The monoisotopic (exact) mass is 444 g/mol. The molecular formula is C24H36N4O4. The van der Waals surface area contributed by atoms with Crippen LogP contribution < -0.4 is 20.1 Å². The van der Waals surface area contributed by atoms with Gasteiger partial charge in [-0.05, 0) is 43.7 Å². The van der Waals surface area contributed by atoms with E-state index >= 15 is 0 Å². The fraction of sp³-hybridized carbons (Fsp3) is 0.542. The minimum atomic E-state index is -0.0193. The summed E-state index contributed by atoms with van der Waals surface area (Å²) in [6, 6.07) is 9.69. The molecule has 0 amide bonds. The number of ether oxygens (including phenoxy) is 3. The van der Waals surface area contributed by atoms with Crippen molar-refractivity contribution < 1.29 is 18.6 Å². The first-order valence-electron chi connectivity index (χ1n) is 11.3. The molecule has 1 aliphatic rings. The van der Waals surface area contributed by atoms with Gasteiger partial charge in [0.1, 0.15) is 17.3 Å². The number of morpholine rings is 1. The largest absolute Gasteiger partial charge is 0.497 e. The molecule has 1 aliphatic heterocycles. The minimum Gasteiger partial charge on any atom is -0.497 e. The average molecular weight is 445 g/mol. The quantitative estimate of drug-likeness (QED) is 0.313. The van der Waals surface area contributed by atoms with Gasteiger partial charge >= 0.3 is 0 Å². The van der Waals surface area contributed by atoms with E-state index in [1.807, 2.05) is 30.3 Å². The Kier molecular flexibility index (Phi) is 9.71. The van der Waals surface area contributed by atoms with Crippen molar-refractivity contribution in [1.82, 2.24) is 15.5 Å². The molecule has 0 radical (unpaired) electrons. The van der Waals surface area contributed by atoms with Gasteiger partial charge in [0.05, 0.1) is 39.7 Å². The van der Waals surface area contributed by atoms with Crippen LogP contribution in [0.2, 0.25) is 0 Å². The van der Waals surface area contributed by atoms with Crippen LogP contribution in [0.4, 0.5) is 0 Å². The summed E-state index contributed by atoms with van der Waals surface area (Å²) in [7, 11) is 3.35. The van der Waals surface area contributed by atoms with Gasteiger partial charge in [-0.1, -0.05) is 0 Å². The van der Waals surface area contributed by atoms with Crippen molar-refractivity contribution in [3.05, 3.63) is 47.9 Å². The number of hydrogen-bond donors (Lipinski definition) is 2. The van der Waals surface area contributed by atoms with Crippen LogP contribution in [0.1, 0.15) is 30.7 Å². The highest BCUT2D eigenvalue weighted by molar-refractivity contribution is 5.80. The van der Waals surface area contributed by atoms with Crippen molar-refractivity contribution in [1.29, 1.82) is 0 Å². The topological polar surface area (TPSA) is 80.5 Å². The molecule has 176 valence electrons. The fourth-order valence-corrected chi connectivity index (χ4v) is 3.68. The molecule has 0 bridgehead atoms. The van der Waals surface area contributed by atoms with Gasteiger partial charge in [-0.2, -0.15) is 0 Å². The highest BCUT2D eigenvalue weighted by atomic mass is 16.5. The number of benzene rings is 1. The van der Waals surface area contributed by atoms with E-state index in [2.05, 4.69) is 22.5 Å². The van der Waals surface area contributed by atoms with E-state index in [4.69, 9.17) is 23.6 Å². The van der Waals surface area contributed by atoms with E-state index in [1.165, 1.54) is 0 Å². The summed E-state index contributed by atoms with van der Waals surface area (Å²) in [5.74, 6) is 3.33. The number of methoxy groups -OCH3 is 2. The summed E-state index contributed by atoms with van der Waals surface area (Å²) in [6.07, 6.45) is 3.49. The van der Waals surface area contributed by atoms with Gasteiger partial charge in [-0.3, -0.25) is 9.89 Å². The summed E-state index contributed by atoms with van der Waals surface area (Å²) < 4.78 is 21.8. The third kappa shape index (κ3) is 7.46. The van der Waals surface area contributed by atoms with Gasteiger partial charge in [0.25, 0.3) is 0 Å². The van der Waals surface area contributed by atoms with Crippen molar-refractivity contribution in [3.8, 4) is 11.5 Å². The summed E-state index contributed by atoms with van der Waals surface area (Å²) in [6.45, 7) is 8.25. The molecular weight excluding hydrogens is 408 g/mol. The molecule has 1 aromatic carbocycles. The number of nitrogens with zero attached hydrogens (tertiary/aromatic N) is 2. The Balaban J connectivity index is 1.60. The Morgan fingerprint density at radius 1 is 1.19 bits per heavy atom. The predicted molar refractivity (Wildman–Crippen MR) is 126 cm³/mol. The summed E-state index contributed by atoms with van der Waals surface area (Å²) in [5.41, 5.74) is 1.01. The van der Waals surface area contributed by atoms with Gasteiger partial charge in [0.15, 0.2) is 5.96 Å². The van der Waals surface area contributed by atoms with Crippen LogP contribution in [0.15, 0.2) is 46.0 Å². The van der Waals surface area contributed by atoms with E-state index in [1.54, 1.807) is 20.5 Å². The number of guanidine groups is 1. The third-order valence-electron chi connectivity index (χ3n) is 5.51. The summed E-state index contributed by atoms with van der Waals surface area (Å²) in [5, 5.41) is 6.95. The van der Waals surface area contributed by atoms with E-state index in [0.717, 1.165) is 87.6 Å². The normalized spacial score (nSPS) is 15.9. The Morgan fingerprint density at radius 3 is 2.75 bits per heavy atom. The van der Waals surface area contributed by atoms with Gasteiger partial charge in [0.2, 0.25) is 0 Å². The van der Waals surface area contributed by atoms with Crippen molar-refractivity contribution >= 4 is 5.96 Å². The summed E-state index contributed by atoms with van der Waals surface area (Å²) in [4.78, 5) is 7.26. The fourth-order valence-electron chi connectivity index (χ4n) is 3.68. The lowest BCUT2D eigenvalue weighted by atomic mass is 10.1. The maximum absolute atomic E-state index is 5.56. The van der Waals surface area contributed by atoms with Crippen LogP contribution in [0.3, 0.4) is 0 Å². The third-order valence-corrected chi connectivity index (χ3v) is 5.51. The second kappa shape index (κ2) is 13.0. The molecule has 1 atom stereocenters. The van der Waals surface area contributed by atoms with Gasteiger partial charge in [-0.25, -0.2) is 0 Å². The first-order valence-corrected chi connectivity index (χ1v) is 11.3. The number of hydrogen-bond acceptors (Lipinski definition) is 6. The molecule has 2 heterocycles. The highest BCUT2D eigenvalue weighted by Crippen LogP contribution is 2.29. The highest BCUT2D eigenvalue weighted by Gasteiger charge is 2.15. The number of aliphatic imine (C=N–C) groups is 1. The molecule has 0 aliphatic carbocycles. The van der Waals surface area contributed by atoms with Crippen LogP contribution in [-0.2, 0) is 11.2 Å². The number of furan rings is 1. The Labute approximate surface area is 190 Å². The lowest BCUT2D eigenvalue weighted by molar-refractivity contribution is 0.0377. The predicted octanol–water partition coefficient (Wildman–Crippen LogP) is 2.86. The maximum atomic E-state index is 5.56. The second-order valence-electron chi connectivity index (χ2n) is 7.77. The summed E-state index contributed by atoms with van der Waals surface area (Å²) >= 11 is 0. The van der Waals surface area contributed by atoms with Crippen LogP contribution in [-0.4, -0.2) is 71.0 Å².